The summed E-state index contributed by atoms with van der Waals surface area (Å²) in [6.07, 6.45) is 1.94. The fourth-order valence-electron chi connectivity index (χ4n) is 2.34. The summed E-state index contributed by atoms with van der Waals surface area (Å²) in [5.41, 5.74) is 4.30. The Labute approximate surface area is 113 Å². The highest BCUT2D eigenvalue weighted by Gasteiger charge is 2.32. The average Bonchev–Trinajstić information content (AvgIpc) is 2.81. The second-order valence-corrected chi connectivity index (χ2v) is 4.70. The Morgan fingerprint density at radius 2 is 2.10 bits per heavy atom. The van der Waals surface area contributed by atoms with Gasteiger partial charge in [-0.25, -0.2) is 8.78 Å². The van der Waals surface area contributed by atoms with Crippen LogP contribution in [0.5, 0.6) is 0 Å². The fraction of sp³-hybridized carbons (Fsp3) is 0.417. The van der Waals surface area contributed by atoms with Crippen LogP contribution in [0, 0.1) is 27.7 Å². The van der Waals surface area contributed by atoms with Gasteiger partial charge in [0.05, 0.1) is 10.8 Å². The van der Waals surface area contributed by atoms with Gasteiger partial charge in [0.15, 0.2) is 17.3 Å². The van der Waals surface area contributed by atoms with Crippen molar-refractivity contribution in [2.24, 2.45) is 11.7 Å². The maximum atomic E-state index is 13.6. The highest BCUT2D eigenvalue weighted by atomic mass is 19.2. The molecule has 1 aromatic carbocycles. The van der Waals surface area contributed by atoms with Crippen LogP contribution in [0.3, 0.4) is 0 Å². The van der Waals surface area contributed by atoms with E-state index in [2.05, 4.69) is 5.32 Å². The van der Waals surface area contributed by atoms with E-state index in [0.29, 0.717) is 18.9 Å². The van der Waals surface area contributed by atoms with Gasteiger partial charge < -0.3 is 11.1 Å². The third-order valence-electron chi connectivity index (χ3n) is 3.42. The third-order valence-corrected chi connectivity index (χ3v) is 3.42. The molecule has 1 aromatic rings. The average molecular weight is 285 g/mol. The number of benzene rings is 1. The van der Waals surface area contributed by atoms with Gasteiger partial charge in [-0.1, -0.05) is 6.42 Å². The number of hydrogen-bond donors (Lipinski definition) is 2. The predicted octanol–water partition coefficient (Wildman–Crippen LogP) is 1.94. The molecule has 2 rings (SSSR count). The third kappa shape index (κ3) is 2.60. The zero-order valence-electron chi connectivity index (χ0n) is 10.4. The number of hydrogen-bond acceptors (Lipinski definition) is 4. The van der Waals surface area contributed by atoms with E-state index < -0.39 is 39.8 Å². The largest absolute Gasteiger partial charge is 0.327 e. The number of nitro groups is 1. The summed E-state index contributed by atoms with van der Waals surface area (Å²) in [5, 5.41) is 12.9. The number of halogens is 2. The van der Waals surface area contributed by atoms with Gasteiger partial charge in [0.25, 0.3) is 5.69 Å². The van der Waals surface area contributed by atoms with Gasteiger partial charge in [-0.3, -0.25) is 14.9 Å². The molecule has 0 bridgehead atoms. The Hall–Kier alpha value is -2.09. The molecule has 1 amide bonds. The van der Waals surface area contributed by atoms with E-state index in [9.17, 15) is 23.7 Å². The first-order valence-electron chi connectivity index (χ1n) is 6.10. The van der Waals surface area contributed by atoms with Crippen LogP contribution in [0.1, 0.15) is 19.3 Å². The highest BCUT2D eigenvalue weighted by molar-refractivity contribution is 5.95. The van der Waals surface area contributed by atoms with Crippen LogP contribution in [-0.4, -0.2) is 16.9 Å². The standard InChI is InChI=1S/C12H13F2N3O3/c13-7-4-5-9(17(19)20)11(10(7)14)16-12(18)6-2-1-3-8(6)15/h4-6,8H,1-3,15H2,(H,16,18). The minimum absolute atomic E-state index is 0.370. The molecule has 3 N–H and O–H groups in total. The number of carbonyl (C=O) groups is 1. The van der Waals surface area contributed by atoms with Gasteiger partial charge in [-0.15, -0.1) is 0 Å². The van der Waals surface area contributed by atoms with Crippen molar-refractivity contribution in [1.82, 2.24) is 0 Å². The van der Waals surface area contributed by atoms with E-state index >= 15 is 0 Å². The van der Waals surface area contributed by atoms with Crippen LogP contribution >= 0.6 is 0 Å². The number of nitrogens with one attached hydrogen (secondary N) is 1. The maximum absolute atomic E-state index is 13.6. The van der Waals surface area contributed by atoms with Crippen LogP contribution < -0.4 is 11.1 Å². The maximum Gasteiger partial charge on any atom is 0.296 e. The van der Waals surface area contributed by atoms with E-state index in [4.69, 9.17) is 5.73 Å². The topological polar surface area (TPSA) is 98.3 Å². The van der Waals surface area contributed by atoms with Crippen molar-refractivity contribution in [1.29, 1.82) is 0 Å². The molecule has 8 heteroatoms. The molecule has 0 aliphatic heterocycles. The van der Waals surface area contributed by atoms with Gasteiger partial charge in [0.1, 0.15) is 0 Å². The molecule has 0 radical (unpaired) electrons. The first-order valence-corrected chi connectivity index (χ1v) is 6.10. The molecule has 1 aliphatic carbocycles. The Balaban J connectivity index is 2.30. The number of rotatable bonds is 3. The van der Waals surface area contributed by atoms with E-state index in [1.165, 1.54) is 0 Å². The minimum atomic E-state index is -1.45. The van der Waals surface area contributed by atoms with E-state index in [1.807, 2.05) is 0 Å². The molecule has 0 saturated heterocycles. The summed E-state index contributed by atoms with van der Waals surface area (Å²) in [4.78, 5) is 21.9. The van der Waals surface area contributed by atoms with Crippen molar-refractivity contribution < 1.29 is 18.5 Å². The van der Waals surface area contributed by atoms with Crippen LogP contribution in [0.2, 0.25) is 0 Å². The summed E-state index contributed by atoms with van der Waals surface area (Å²) < 4.78 is 26.8. The molecule has 0 aromatic heterocycles. The van der Waals surface area contributed by atoms with E-state index in [-0.39, 0.29) is 6.04 Å². The summed E-state index contributed by atoms with van der Waals surface area (Å²) in [5.74, 6) is -3.87. The number of carbonyl (C=O) groups excluding carboxylic acids is 1. The Morgan fingerprint density at radius 1 is 1.40 bits per heavy atom. The number of anilines is 1. The smallest absolute Gasteiger partial charge is 0.296 e. The lowest BCUT2D eigenvalue weighted by Gasteiger charge is -2.15. The molecule has 1 fully saturated rings. The lowest BCUT2D eigenvalue weighted by molar-refractivity contribution is -0.384. The molecule has 1 aliphatic rings. The quantitative estimate of drug-likeness (QED) is 0.655. The predicted molar refractivity (Wildman–Crippen MR) is 67.0 cm³/mol. The SMILES string of the molecule is NC1CCCC1C(=O)Nc1c([N+](=O)[O-])ccc(F)c1F. The first kappa shape index (κ1) is 14.3. The van der Waals surface area contributed by atoms with Crippen molar-refractivity contribution in [3.05, 3.63) is 33.9 Å². The highest BCUT2D eigenvalue weighted by Crippen LogP contribution is 2.31. The monoisotopic (exact) mass is 285 g/mol. The molecule has 2 atom stereocenters. The van der Waals surface area contributed by atoms with Gasteiger partial charge in [0.2, 0.25) is 5.91 Å². The molecular weight excluding hydrogens is 272 g/mol. The lowest BCUT2D eigenvalue weighted by atomic mass is 10.0. The van der Waals surface area contributed by atoms with Crippen molar-refractivity contribution in [2.45, 2.75) is 25.3 Å². The molecule has 0 spiro atoms. The van der Waals surface area contributed by atoms with E-state index in [0.717, 1.165) is 12.5 Å². The summed E-state index contributed by atoms with van der Waals surface area (Å²) in [6.45, 7) is 0. The van der Waals surface area contributed by atoms with Crippen molar-refractivity contribution >= 4 is 17.3 Å². The first-order chi connectivity index (χ1) is 9.41. The normalized spacial score (nSPS) is 21.8. The number of amides is 1. The summed E-state index contributed by atoms with van der Waals surface area (Å²) in [7, 11) is 0. The van der Waals surface area contributed by atoms with Crippen LogP contribution in [0.4, 0.5) is 20.2 Å². The van der Waals surface area contributed by atoms with Crippen molar-refractivity contribution in [3.8, 4) is 0 Å². The molecular formula is C12H13F2N3O3. The van der Waals surface area contributed by atoms with Gasteiger partial charge in [0, 0.05) is 12.1 Å². The molecule has 6 nitrogen and oxygen atoms in total. The molecule has 2 unspecified atom stereocenters. The molecule has 108 valence electrons. The summed E-state index contributed by atoms with van der Waals surface area (Å²) >= 11 is 0. The zero-order chi connectivity index (χ0) is 14.9. The second-order valence-electron chi connectivity index (χ2n) is 4.70. The Kier molecular flexibility index (Phi) is 3.93. The summed E-state index contributed by atoms with van der Waals surface area (Å²) in [6, 6.07) is 1.08. The van der Waals surface area contributed by atoms with Crippen molar-refractivity contribution in [3.63, 3.8) is 0 Å². The van der Waals surface area contributed by atoms with Crippen molar-refractivity contribution in [2.75, 3.05) is 5.32 Å². The number of nitrogens with zero attached hydrogens (tertiary/aromatic N) is 1. The number of nitro benzene ring substituents is 1. The van der Waals surface area contributed by atoms with Crippen LogP contribution in [-0.2, 0) is 4.79 Å². The van der Waals surface area contributed by atoms with Gasteiger partial charge in [-0.2, -0.15) is 0 Å². The Bertz CT molecular complexity index is 565. The van der Waals surface area contributed by atoms with Gasteiger partial charge in [-0.05, 0) is 18.9 Å². The fourth-order valence-corrected chi connectivity index (χ4v) is 2.34. The van der Waals surface area contributed by atoms with Crippen LogP contribution in [0.25, 0.3) is 0 Å². The minimum Gasteiger partial charge on any atom is -0.327 e. The van der Waals surface area contributed by atoms with Gasteiger partial charge >= 0.3 is 0 Å². The lowest BCUT2D eigenvalue weighted by Crippen LogP contribution is -2.34. The Morgan fingerprint density at radius 3 is 2.65 bits per heavy atom. The van der Waals surface area contributed by atoms with E-state index in [1.54, 1.807) is 0 Å². The molecule has 1 saturated carbocycles. The number of nitrogens with two attached hydrogens (primary N) is 1. The molecule has 20 heavy (non-hydrogen) atoms. The zero-order valence-corrected chi connectivity index (χ0v) is 10.4. The second kappa shape index (κ2) is 5.49. The van der Waals surface area contributed by atoms with Crippen LogP contribution in [0.15, 0.2) is 12.1 Å². The molecule has 0 heterocycles.